The molecule has 1 heterocycles. The Morgan fingerprint density at radius 2 is 1.67 bits per heavy atom. The van der Waals surface area contributed by atoms with E-state index in [-0.39, 0.29) is 22.9 Å². The second-order valence-electron chi connectivity index (χ2n) is 7.57. The lowest BCUT2D eigenvalue weighted by molar-refractivity contribution is -0.121. The molecule has 3 N–H and O–H groups in total. The number of amides is 1. The minimum absolute atomic E-state index is 0.0343. The number of hydrogen-bond donors (Lipinski definition) is 2. The summed E-state index contributed by atoms with van der Waals surface area (Å²) < 4.78 is 23.8. The molecule has 1 aromatic heterocycles. The van der Waals surface area contributed by atoms with Crippen LogP contribution in [-0.2, 0) is 27.8 Å². The number of benzene rings is 3. The van der Waals surface area contributed by atoms with Crippen LogP contribution in [0.1, 0.15) is 5.56 Å². The lowest BCUT2D eigenvalue weighted by atomic mass is 10.1. The highest BCUT2D eigenvalue weighted by Gasteiger charge is 2.10. The van der Waals surface area contributed by atoms with E-state index < -0.39 is 10.0 Å². The summed E-state index contributed by atoms with van der Waals surface area (Å²) in [6.07, 6.45) is 0.496. The predicted octanol–water partition coefficient (Wildman–Crippen LogP) is 2.07. The van der Waals surface area contributed by atoms with E-state index in [4.69, 9.17) is 5.14 Å². The van der Waals surface area contributed by atoms with E-state index in [0.717, 1.165) is 26.6 Å². The molecule has 0 aliphatic rings. The van der Waals surface area contributed by atoms with Crippen molar-refractivity contribution in [3.8, 4) is 11.3 Å². The van der Waals surface area contributed by atoms with Crippen molar-refractivity contribution < 1.29 is 13.2 Å². The highest BCUT2D eigenvalue weighted by molar-refractivity contribution is 7.89. The van der Waals surface area contributed by atoms with E-state index in [2.05, 4.69) is 10.4 Å². The maximum atomic E-state index is 12.4. The first-order valence-corrected chi connectivity index (χ1v) is 11.8. The molecule has 0 saturated heterocycles. The molecule has 3 aromatic carbocycles. The largest absolute Gasteiger partial charge is 0.354 e. The van der Waals surface area contributed by atoms with Crippen LogP contribution in [0.3, 0.4) is 0 Å². The molecule has 4 rings (SSSR count). The molecule has 0 spiro atoms. The van der Waals surface area contributed by atoms with E-state index in [1.165, 1.54) is 18.2 Å². The van der Waals surface area contributed by atoms with Gasteiger partial charge in [0, 0.05) is 18.2 Å². The van der Waals surface area contributed by atoms with Crippen LogP contribution in [0.4, 0.5) is 0 Å². The maximum Gasteiger partial charge on any atom is 0.267 e. The number of hydrogen-bond acceptors (Lipinski definition) is 5. The zero-order valence-corrected chi connectivity index (χ0v) is 18.5. The van der Waals surface area contributed by atoms with Crippen molar-refractivity contribution in [3.05, 3.63) is 94.8 Å². The van der Waals surface area contributed by atoms with Crippen LogP contribution in [-0.4, -0.2) is 30.7 Å². The van der Waals surface area contributed by atoms with Gasteiger partial charge >= 0.3 is 0 Å². The summed E-state index contributed by atoms with van der Waals surface area (Å²) in [5.74, 6) is -0.346. The van der Waals surface area contributed by atoms with Gasteiger partial charge in [0.25, 0.3) is 5.56 Å². The first kappa shape index (κ1) is 22.4. The quantitative estimate of drug-likeness (QED) is 0.435. The van der Waals surface area contributed by atoms with Gasteiger partial charge in [-0.1, -0.05) is 48.5 Å². The second-order valence-corrected chi connectivity index (χ2v) is 9.13. The van der Waals surface area contributed by atoms with Crippen LogP contribution in [0.2, 0.25) is 0 Å². The van der Waals surface area contributed by atoms with E-state index >= 15 is 0 Å². The van der Waals surface area contributed by atoms with Gasteiger partial charge in [0.1, 0.15) is 6.54 Å². The number of sulfonamides is 1. The third-order valence-electron chi connectivity index (χ3n) is 5.19. The van der Waals surface area contributed by atoms with Gasteiger partial charge in [-0.2, -0.15) is 5.10 Å². The third-order valence-corrected chi connectivity index (χ3v) is 6.12. The number of fused-ring (bicyclic) bond motifs is 1. The molecule has 9 heteroatoms. The number of carbonyl (C=O) groups excluding carboxylic acids is 1. The number of primary sulfonamides is 1. The molecule has 4 aromatic rings. The molecule has 168 valence electrons. The van der Waals surface area contributed by atoms with Crippen LogP contribution in [0.15, 0.2) is 88.6 Å². The van der Waals surface area contributed by atoms with Gasteiger partial charge in [-0.25, -0.2) is 18.2 Å². The van der Waals surface area contributed by atoms with Gasteiger partial charge in [0.2, 0.25) is 15.9 Å². The summed E-state index contributed by atoms with van der Waals surface area (Å²) in [6, 6.07) is 23.1. The highest BCUT2D eigenvalue weighted by atomic mass is 32.2. The van der Waals surface area contributed by atoms with Crippen molar-refractivity contribution >= 4 is 26.7 Å². The Kier molecular flexibility index (Phi) is 6.34. The van der Waals surface area contributed by atoms with Crippen molar-refractivity contribution in [3.63, 3.8) is 0 Å². The number of nitrogens with two attached hydrogens (primary N) is 1. The molecule has 0 radical (unpaired) electrons. The van der Waals surface area contributed by atoms with Gasteiger partial charge in [-0.05, 0) is 47.0 Å². The minimum Gasteiger partial charge on any atom is -0.354 e. The predicted molar refractivity (Wildman–Crippen MR) is 126 cm³/mol. The molecule has 33 heavy (non-hydrogen) atoms. The molecule has 0 fully saturated rings. The number of aromatic nitrogens is 2. The topological polar surface area (TPSA) is 124 Å². The highest BCUT2D eigenvalue weighted by Crippen LogP contribution is 2.22. The average molecular weight is 463 g/mol. The molecule has 0 unspecified atom stereocenters. The number of rotatable bonds is 7. The zero-order chi connectivity index (χ0) is 23.4. The summed E-state index contributed by atoms with van der Waals surface area (Å²) in [5.41, 5.74) is 1.93. The number of carbonyl (C=O) groups is 1. The summed E-state index contributed by atoms with van der Waals surface area (Å²) in [6.45, 7) is 0.122. The van der Waals surface area contributed by atoms with Gasteiger partial charge in [0.05, 0.1) is 10.6 Å². The molecule has 0 aliphatic heterocycles. The van der Waals surface area contributed by atoms with E-state index in [1.807, 2.05) is 42.5 Å². The molecule has 8 nitrogen and oxygen atoms in total. The van der Waals surface area contributed by atoms with Crippen molar-refractivity contribution in [2.75, 3.05) is 6.54 Å². The fraction of sp³-hybridized carbons (Fsp3) is 0.125. The fourth-order valence-corrected chi connectivity index (χ4v) is 3.96. The van der Waals surface area contributed by atoms with Crippen LogP contribution >= 0.6 is 0 Å². The third kappa shape index (κ3) is 5.51. The molecule has 0 aliphatic carbocycles. The minimum atomic E-state index is -3.74. The number of nitrogens with zero attached hydrogens (tertiary/aromatic N) is 2. The van der Waals surface area contributed by atoms with Crippen LogP contribution in [0, 0.1) is 0 Å². The summed E-state index contributed by atoms with van der Waals surface area (Å²) in [7, 11) is -3.74. The first-order chi connectivity index (χ1) is 15.8. The van der Waals surface area contributed by atoms with Gasteiger partial charge in [-0.3, -0.25) is 9.59 Å². The molecule has 1 amide bonds. The lowest BCUT2D eigenvalue weighted by Gasteiger charge is -2.09. The van der Waals surface area contributed by atoms with Crippen LogP contribution in [0.5, 0.6) is 0 Å². The van der Waals surface area contributed by atoms with Crippen molar-refractivity contribution in [1.82, 2.24) is 15.1 Å². The van der Waals surface area contributed by atoms with E-state index in [9.17, 15) is 18.0 Å². The Balaban J connectivity index is 1.40. The maximum absolute atomic E-state index is 12.4. The van der Waals surface area contributed by atoms with E-state index in [0.29, 0.717) is 18.7 Å². The summed E-state index contributed by atoms with van der Waals surface area (Å²) in [5, 5.41) is 14.4. The Labute approximate surface area is 190 Å². The first-order valence-electron chi connectivity index (χ1n) is 10.3. The molecular weight excluding hydrogens is 440 g/mol. The fourth-order valence-electron chi connectivity index (χ4n) is 3.45. The smallest absolute Gasteiger partial charge is 0.267 e. The van der Waals surface area contributed by atoms with E-state index in [1.54, 1.807) is 18.2 Å². The average Bonchev–Trinajstić information content (AvgIpc) is 2.80. The molecule has 0 saturated carbocycles. The van der Waals surface area contributed by atoms with Gasteiger partial charge < -0.3 is 5.32 Å². The zero-order valence-electron chi connectivity index (χ0n) is 17.6. The Morgan fingerprint density at radius 3 is 2.39 bits per heavy atom. The number of nitrogens with one attached hydrogen (secondary N) is 1. The van der Waals surface area contributed by atoms with Crippen molar-refractivity contribution in [1.29, 1.82) is 0 Å². The van der Waals surface area contributed by atoms with Gasteiger partial charge in [0.15, 0.2) is 0 Å². The van der Waals surface area contributed by atoms with Crippen LogP contribution in [0.25, 0.3) is 22.0 Å². The Bertz CT molecular complexity index is 1480. The van der Waals surface area contributed by atoms with Crippen molar-refractivity contribution in [2.45, 2.75) is 17.9 Å². The second kappa shape index (κ2) is 9.35. The molecular formula is C24H22N4O4S. The standard InChI is InChI=1S/C24H22N4O4S/c25-33(31,32)21-9-5-17(6-10-21)13-14-26-23(29)16-28-24(30)12-11-22(27-28)20-8-7-18-3-1-2-4-19(18)15-20/h1-12,15H,13-14,16H2,(H,26,29)(H2,25,31,32). The SMILES string of the molecule is NS(=O)(=O)c1ccc(CCNC(=O)Cn2nc(-c3ccc4ccccc4c3)ccc2=O)cc1. The normalized spacial score (nSPS) is 11.4. The van der Waals surface area contributed by atoms with Crippen molar-refractivity contribution in [2.24, 2.45) is 5.14 Å². The molecule has 0 atom stereocenters. The molecule has 0 bridgehead atoms. The monoisotopic (exact) mass is 462 g/mol. The van der Waals surface area contributed by atoms with Crippen LogP contribution < -0.4 is 16.0 Å². The Morgan fingerprint density at radius 1 is 0.939 bits per heavy atom. The summed E-state index contributed by atoms with van der Waals surface area (Å²) in [4.78, 5) is 24.6. The van der Waals surface area contributed by atoms with Gasteiger partial charge in [-0.15, -0.1) is 0 Å². The lowest BCUT2D eigenvalue weighted by Crippen LogP contribution is -2.34. The Hall–Kier alpha value is -3.82. The summed E-state index contributed by atoms with van der Waals surface area (Å²) >= 11 is 0.